The van der Waals surface area contributed by atoms with Gasteiger partial charge in [0.1, 0.15) is 0 Å². The van der Waals surface area contributed by atoms with Crippen LogP contribution in [0.5, 0.6) is 0 Å². The predicted molar refractivity (Wildman–Crippen MR) is 327 cm³/mol. The van der Waals surface area contributed by atoms with Crippen LogP contribution in [-0.2, 0) is 70.4 Å². The van der Waals surface area contributed by atoms with Gasteiger partial charge in [-0.1, -0.05) is 249 Å². The van der Waals surface area contributed by atoms with E-state index >= 15 is 0 Å². The average Bonchev–Trinajstić information content (AvgIpc) is 3.82. The van der Waals surface area contributed by atoms with E-state index in [0.29, 0.717) is 17.8 Å². The first-order chi connectivity index (χ1) is 36.0. The van der Waals surface area contributed by atoms with E-state index in [0.717, 1.165) is 33.4 Å². The van der Waals surface area contributed by atoms with Gasteiger partial charge in [0, 0.05) is 0 Å². The minimum atomic E-state index is -4.07. The van der Waals surface area contributed by atoms with Crippen LogP contribution >= 0.6 is 7.82 Å². The topological polar surface area (TPSA) is 44.8 Å². The van der Waals surface area contributed by atoms with Gasteiger partial charge in [-0.05, 0) is 171 Å². The Bertz CT molecular complexity index is 2980. The Labute approximate surface area is 464 Å². The van der Waals surface area contributed by atoms with Crippen molar-refractivity contribution in [1.29, 1.82) is 0 Å². The van der Waals surface area contributed by atoms with E-state index in [-0.39, 0.29) is 52.3 Å². The van der Waals surface area contributed by atoms with Crippen LogP contribution in [0.4, 0.5) is 0 Å². The van der Waals surface area contributed by atoms with Crippen LogP contribution in [0.3, 0.4) is 0 Å². The number of fused-ring (bicyclic) bond motifs is 3. The second-order valence-corrected chi connectivity index (χ2v) is 28.4. The summed E-state index contributed by atoms with van der Waals surface area (Å²) in [5.74, 6) is 1.62. The molecule has 0 aliphatic heterocycles. The van der Waals surface area contributed by atoms with Crippen molar-refractivity contribution >= 4 is 42.8 Å². The average molecular weight is 1050 g/mol. The summed E-state index contributed by atoms with van der Waals surface area (Å²) in [7, 11) is -4.07. The fraction of sp³-hybridized carbons (Fsp3) is 0.417. The number of hydrogen-bond acceptors (Lipinski definition) is 4. The lowest BCUT2D eigenvalue weighted by atomic mass is 9.71. The Morgan fingerprint density at radius 1 is 0.364 bits per heavy atom. The third-order valence-electron chi connectivity index (χ3n) is 20.3. The highest BCUT2D eigenvalue weighted by Gasteiger charge is 2.50. The van der Waals surface area contributed by atoms with Crippen molar-refractivity contribution < 1.29 is 18.1 Å². The number of phosphoric acid groups is 1. The molecule has 3 unspecified atom stereocenters. The molecule has 5 heteroatoms. The third-order valence-corrected chi connectivity index (χ3v) is 21.7. The summed E-state index contributed by atoms with van der Waals surface area (Å²) in [6.07, 6.45) is 6.69. The summed E-state index contributed by atoms with van der Waals surface area (Å²) >= 11 is 0. The van der Waals surface area contributed by atoms with Gasteiger partial charge in [0.15, 0.2) is 0 Å². The van der Waals surface area contributed by atoms with Gasteiger partial charge >= 0.3 is 7.82 Å². The molecule has 77 heavy (non-hydrogen) atoms. The zero-order valence-electron chi connectivity index (χ0n) is 49.8. The van der Waals surface area contributed by atoms with Gasteiger partial charge in [-0.3, -0.25) is 13.6 Å². The maximum atomic E-state index is 14.7. The summed E-state index contributed by atoms with van der Waals surface area (Å²) in [6, 6.07) is 45.7. The Morgan fingerprint density at radius 2 is 0.584 bits per heavy atom. The van der Waals surface area contributed by atoms with E-state index < -0.39 is 7.82 Å². The third kappa shape index (κ3) is 10.6. The van der Waals surface area contributed by atoms with E-state index in [1.165, 1.54) is 66.8 Å². The maximum absolute atomic E-state index is 14.7. The minimum Gasteiger partial charge on any atom is -0.282 e. The number of benzene rings is 6. The molecule has 0 heterocycles. The predicted octanol–water partition coefficient (Wildman–Crippen LogP) is 20.0. The molecular formula is C72H87O4P. The molecule has 0 saturated heterocycles. The van der Waals surface area contributed by atoms with Crippen LogP contribution in [0.15, 0.2) is 127 Å². The van der Waals surface area contributed by atoms with E-state index in [1.54, 1.807) is 0 Å². The Hall–Kier alpha value is -5.35. The van der Waals surface area contributed by atoms with E-state index in [9.17, 15) is 4.57 Å². The van der Waals surface area contributed by atoms with Crippen LogP contribution in [0.2, 0.25) is 0 Å². The molecule has 0 spiro atoms. The number of allylic oxidation sites excluding steroid dienone is 3. The smallest absolute Gasteiger partial charge is 0.282 e. The molecule has 3 atom stereocenters. The zero-order valence-corrected chi connectivity index (χ0v) is 50.7. The van der Waals surface area contributed by atoms with Crippen molar-refractivity contribution in [1.82, 2.24) is 0 Å². The van der Waals surface area contributed by atoms with Crippen molar-refractivity contribution in [3.05, 3.63) is 211 Å². The minimum absolute atomic E-state index is 0.0622. The monoisotopic (exact) mass is 1050 g/mol. The first-order valence-corrected chi connectivity index (χ1v) is 29.7. The van der Waals surface area contributed by atoms with Crippen molar-refractivity contribution in [3.63, 3.8) is 0 Å². The molecule has 404 valence electrons. The van der Waals surface area contributed by atoms with Crippen LogP contribution in [0, 0.1) is 17.8 Å². The highest BCUT2D eigenvalue weighted by Crippen LogP contribution is 2.57. The molecule has 6 aromatic rings. The van der Waals surface area contributed by atoms with Gasteiger partial charge in [-0.15, -0.1) is 0 Å². The molecule has 3 aliphatic rings. The first-order valence-electron chi connectivity index (χ1n) is 28.3. The van der Waals surface area contributed by atoms with Crippen molar-refractivity contribution in [2.24, 2.45) is 17.8 Å². The first kappa shape index (κ1) is 56.4. The second-order valence-electron chi connectivity index (χ2n) is 26.8. The fourth-order valence-corrected chi connectivity index (χ4v) is 14.6. The molecule has 3 aliphatic carbocycles. The summed E-state index contributed by atoms with van der Waals surface area (Å²) < 4.78 is 33.3. The lowest BCUT2D eigenvalue weighted by Gasteiger charge is -2.32. The quantitative estimate of drug-likeness (QED) is 0.0759. The van der Waals surface area contributed by atoms with Crippen molar-refractivity contribution in [2.45, 2.75) is 177 Å². The molecule has 0 amide bonds. The highest BCUT2D eigenvalue weighted by molar-refractivity contribution is 7.48. The van der Waals surface area contributed by atoms with E-state index in [1.807, 2.05) is 36.4 Å². The molecule has 0 saturated carbocycles. The van der Waals surface area contributed by atoms with Crippen molar-refractivity contribution in [2.75, 3.05) is 0 Å². The van der Waals surface area contributed by atoms with Gasteiger partial charge in [0.2, 0.25) is 0 Å². The number of rotatable bonds is 15. The summed E-state index contributed by atoms with van der Waals surface area (Å²) in [5.41, 5.74) is 22.6. The molecule has 9 rings (SSSR count). The normalized spacial score (nSPS) is 22.3. The Morgan fingerprint density at radius 3 is 0.818 bits per heavy atom. The number of phosphoric ester groups is 1. The summed E-state index contributed by atoms with van der Waals surface area (Å²) in [6.45, 7) is 42.4. The summed E-state index contributed by atoms with van der Waals surface area (Å²) in [5, 5.41) is 0. The molecule has 0 bridgehead atoms. The van der Waals surface area contributed by atoms with Crippen LogP contribution in [0.1, 0.15) is 208 Å². The van der Waals surface area contributed by atoms with Gasteiger partial charge in [0.25, 0.3) is 0 Å². The lowest BCUT2D eigenvalue weighted by Crippen LogP contribution is -2.30. The molecule has 6 aromatic carbocycles. The Kier molecular flexibility index (Phi) is 14.9. The van der Waals surface area contributed by atoms with Gasteiger partial charge in [0.05, 0.1) is 19.8 Å². The summed E-state index contributed by atoms with van der Waals surface area (Å²) in [4.78, 5) is 0. The van der Waals surface area contributed by atoms with Crippen LogP contribution in [0.25, 0.3) is 34.9 Å². The van der Waals surface area contributed by atoms with E-state index in [2.05, 4.69) is 234 Å². The van der Waals surface area contributed by atoms with Crippen LogP contribution in [-0.4, -0.2) is 0 Å². The SMILES string of the molecule is C/C(=C\c1ccc(COP(=O)(OCc2ccc(/C=C(\C)c3ccc4c(c3)C(C)(C)C(C)C4(C)C)cc2)OCc2ccc(/C=C(\C)c3ccc4c(c3)C(C)(C)C(C)C4(C)C)cc2)cc1)c1ccc2c(c1)C(C)(C)C(C)C2(C)C. The molecule has 0 N–H and O–H groups in total. The second kappa shape index (κ2) is 20.4. The molecular weight excluding hydrogens is 960 g/mol. The molecule has 4 nitrogen and oxygen atoms in total. The van der Waals surface area contributed by atoms with Gasteiger partial charge in [-0.2, -0.15) is 0 Å². The fourth-order valence-electron chi connectivity index (χ4n) is 13.5. The largest absolute Gasteiger partial charge is 0.475 e. The standard InChI is InChI=1S/C72H87O4P/c1-46(58-31-34-61-64(40-58)70(13,14)49(4)67(61,7)8)37-52-19-25-55(26-20-52)43-74-77(73,75-44-56-27-21-53(22-28-56)38-47(2)59-32-35-62-65(41-59)71(15,16)50(5)68(62,9)10)76-45-57-29-23-54(24-30-57)39-48(3)60-33-36-63-66(42-60)72(17,18)51(6)69(63,11)12/h19-42,49-51H,43-45H2,1-18H3/b46-37+,47-38+,48-39+. The van der Waals surface area contributed by atoms with E-state index in [4.69, 9.17) is 13.6 Å². The molecule has 0 fully saturated rings. The lowest BCUT2D eigenvalue weighted by molar-refractivity contribution is 0.0978. The number of hydrogen-bond donors (Lipinski definition) is 0. The van der Waals surface area contributed by atoms with Crippen molar-refractivity contribution in [3.8, 4) is 0 Å². The van der Waals surface area contributed by atoms with Gasteiger partial charge in [-0.25, -0.2) is 4.57 Å². The van der Waals surface area contributed by atoms with Crippen LogP contribution < -0.4 is 0 Å². The molecule has 0 radical (unpaired) electrons. The molecule has 0 aromatic heterocycles. The highest BCUT2D eigenvalue weighted by atomic mass is 31.2. The zero-order chi connectivity index (χ0) is 55.8. The Balaban J connectivity index is 0.896. The van der Waals surface area contributed by atoms with Gasteiger partial charge < -0.3 is 0 Å². The maximum Gasteiger partial charge on any atom is 0.475 e.